The smallest absolute Gasteiger partial charge is 0.411 e. The standard InChI is InChI=1S/C25H22N4O5/c1-3-33-21-18-13-12-17(32-2)15-19(18)29-23(31)28(16-9-5-4-6-10-16)25(20-11-7-8-14-26-20)24(21,29)27-22(30)34-25/h4-15,21H,3H2,1-2H3,(H,27,30)/t21-,24-,25-/m1/s1. The second kappa shape index (κ2) is 7.19. The van der Waals surface area contributed by atoms with Gasteiger partial charge < -0.3 is 14.2 Å². The number of benzene rings is 2. The van der Waals surface area contributed by atoms with Gasteiger partial charge in [-0.05, 0) is 37.3 Å². The van der Waals surface area contributed by atoms with Crippen LogP contribution in [-0.2, 0) is 15.2 Å². The molecule has 6 rings (SSSR count). The monoisotopic (exact) mass is 458 g/mol. The molecule has 0 bridgehead atoms. The first-order valence-corrected chi connectivity index (χ1v) is 11.0. The van der Waals surface area contributed by atoms with Gasteiger partial charge in [-0.1, -0.05) is 30.3 Å². The number of carbonyl (C=O) groups excluding carboxylic acids is 2. The summed E-state index contributed by atoms with van der Waals surface area (Å²) in [5, 5.41) is 2.98. The molecule has 0 radical (unpaired) electrons. The van der Waals surface area contributed by atoms with Gasteiger partial charge in [0.2, 0.25) is 5.66 Å². The van der Waals surface area contributed by atoms with E-state index in [9.17, 15) is 9.59 Å². The van der Waals surface area contributed by atoms with Crippen molar-refractivity contribution < 1.29 is 23.8 Å². The predicted octanol–water partition coefficient (Wildman–Crippen LogP) is 3.92. The summed E-state index contributed by atoms with van der Waals surface area (Å²) in [6.07, 6.45) is 0.208. The number of anilines is 2. The number of methoxy groups -OCH3 is 1. The maximum atomic E-state index is 14.3. The van der Waals surface area contributed by atoms with Gasteiger partial charge in [0.15, 0.2) is 0 Å². The van der Waals surface area contributed by atoms with Gasteiger partial charge >= 0.3 is 12.1 Å². The highest BCUT2D eigenvalue weighted by Gasteiger charge is 2.82. The molecule has 172 valence electrons. The molecule has 0 unspecified atom stereocenters. The number of rotatable bonds is 5. The van der Waals surface area contributed by atoms with Crippen molar-refractivity contribution in [3.05, 3.63) is 84.2 Å². The Morgan fingerprint density at radius 3 is 2.56 bits per heavy atom. The fourth-order valence-corrected chi connectivity index (χ4v) is 5.40. The number of pyridine rings is 1. The van der Waals surface area contributed by atoms with Gasteiger partial charge in [0.05, 0.1) is 18.5 Å². The number of aromatic nitrogens is 1. The van der Waals surface area contributed by atoms with Gasteiger partial charge in [0.1, 0.15) is 17.5 Å². The van der Waals surface area contributed by atoms with Crippen molar-refractivity contribution in [3.63, 3.8) is 0 Å². The molecule has 3 atom stereocenters. The maximum Gasteiger partial charge on any atom is 0.411 e. The molecule has 2 saturated heterocycles. The molecule has 3 amide bonds. The Morgan fingerprint density at radius 2 is 1.85 bits per heavy atom. The van der Waals surface area contributed by atoms with Crippen molar-refractivity contribution in [3.8, 4) is 5.75 Å². The van der Waals surface area contributed by atoms with Crippen molar-refractivity contribution in [1.82, 2.24) is 10.3 Å². The highest BCUT2D eigenvalue weighted by Crippen LogP contribution is 2.64. The van der Waals surface area contributed by atoms with Crippen LogP contribution < -0.4 is 19.9 Å². The van der Waals surface area contributed by atoms with E-state index in [1.54, 1.807) is 54.6 Å². The van der Waals surface area contributed by atoms with Crippen molar-refractivity contribution in [2.75, 3.05) is 23.5 Å². The normalized spacial score (nSPS) is 26.6. The van der Waals surface area contributed by atoms with E-state index < -0.39 is 23.6 Å². The zero-order valence-corrected chi connectivity index (χ0v) is 18.6. The van der Waals surface area contributed by atoms with Crippen LogP contribution in [0.4, 0.5) is 21.0 Å². The Labute approximate surface area is 195 Å². The van der Waals surface area contributed by atoms with E-state index in [0.29, 0.717) is 29.4 Å². The average Bonchev–Trinajstić information content (AvgIpc) is 3.39. The fourth-order valence-electron chi connectivity index (χ4n) is 5.40. The number of amides is 3. The number of fused-ring (bicyclic) bond motifs is 2. The second-order valence-corrected chi connectivity index (χ2v) is 8.19. The summed E-state index contributed by atoms with van der Waals surface area (Å²) in [5.74, 6) is 0.575. The average molecular weight is 458 g/mol. The van der Waals surface area contributed by atoms with Gasteiger partial charge in [-0.25, -0.2) is 14.5 Å². The van der Waals surface area contributed by atoms with Gasteiger partial charge in [-0.3, -0.25) is 15.2 Å². The van der Waals surface area contributed by atoms with Crippen LogP contribution in [0.1, 0.15) is 24.3 Å². The molecule has 3 aliphatic rings. The molecular formula is C25H22N4O5. The first kappa shape index (κ1) is 20.5. The number of urea groups is 1. The van der Waals surface area contributed by atoms with Crippen LogP contribution in [0.3, 0.4) is 0 Å². The number of nitrogens with one attached hydrogen (secondary N) is 1. The minimum atomic E-state index is -1.64. The SMILES string of the molecule is CCO[C@@H]1c2ccc(OC)cc2N2C(=O)N(c3ccccc3)[C@]3(c4ccccn4)OC(=O)N[C@]123. The van der Waals surface area contributed by atoms with E-state index in [4.69, 9.17) is 14.2 Å². The minimum Gasteiger partial charge on any atom is -0.497 e. The number of hydrogen-bond acceptors (Lipinski definition) is 6. The van der Waals surface area contributed by atoms with Crippen LogP contribution in [-0.4, -0.2) is 36.5 Å². The quantitative estimate of drug-likeness (QED) is 0.623. The lowest BCUT2D eigenvalue weighted by Gasteiger charge is -2.41. The van der Waals surface area contributed by atoms with Gasteiger partial charge in [-0.2, -0.15) is 0 Å². The summed E-state index contributed by atoms with van der Waals surface area (Å²) < 4.78 is 17.8. The molecule has 1 aromatic heterocycles. The van der Waals surface area contributed by atoms with Crippen molar-refractivity contribution in [2.45, 2.75) is 24.4 Å². The topological polar surface area (TPSA) is 93.2 Å². The number of alkyl carbamates (subject to hydrolysis) is 1. The van der Waals surface area contributed by atoms with Gasteiger partial charge in [0.25, 0.3) is 5.72 Å². The Hall–Kier alpha value is -4.11. The molecule has 3 aliphatic heterocycles. The summed E-state index contributed by atoms with van der Waals surface area (Å²) in [7, 11) is 1.56. The van der Waals surface area contributed by atoms with Crippen molar-refractivity contribution in [1.29, 1.82) is 0 Å². The largest absolute Gasteiger partial charge is 0.497 e. The molecule has 1 spiro atoms. The molecule has 34 heavy (non-hydrogen) atoms. The van der Waals surface area contributed by atoms with Crippen LogP contribution in [0.25, 0.3) is 0 Å². The minimum absolute atomic E-state index is 0.347. The van der Waals surface area contributed by atoms with Crippen LogP contribution in [0.2, 0.25) is 0 Å². The van der Waals surface area contributed by atoms with E-state index in [2.05, 4.69) is 10.3 Å². The first-order chi connectivity index (χ1) is 16.6. The summed E-state index contributed by atoms with van der Waals surface area (Å²) in [6, 6.07) is 19.5. The number of ether oxygens (including phenoxy) is 3. The third-order valence-electron chi connectivity index (χ3n) is 6.60. The van der Waals surface area contributed by atoms with E-state index in [0.717, 1.165) is 5.56 Å². The number of nitrogens with zero attached hydrogens (tertiary/aromatic N) is 3. The molecule has 0 saturated carbocycles. The molecule has 4 heterocycles. The third kappa shape index (κ3) is 2.34. The third-order valence-corrected chi connectivity index (χ3v) is 6.60. The maximum absolute atomic E-state index is 14.3. The highest BCUT2D eigenvalue weighted by molar-refractivity contribution is 6.13. The molecule has 2 fully saturated rings. The van der Waals surface area contributed by atoms with E-state index in [-0.39, 0.29) is 6.03 Å². The van der Waals surface area contributed by atoms with Gasteiger partial charge in [0, 0.05) is 24.4 Å². The summed E-state index contributed by atoms with van der Waals surface area (Å²) in [6.45, 7) is 2.22. The molecule has 2 aromatic carbocycles. The predicted molar refractivity (Wildman–Crippen MR) is 122 cm³/mol. The fraction of sp³-hybridized carbons (Fsp3) is 0.240. The van der Waals surface area contributed by atoms with Crippen LogP contribution >= 0.6 is 0 Å². The number of carbonyl (C=O) groups is 2. The zero-order valence-electron chi connectivity index (χ0n) is 18.6. The van der Waals surface area contributed by atoms with Crippen molar-refractivity contribution in [2.24, 2.45) is 0 Å². The zero-order chi connectivity index (χ0) is 23.5. The van der Waals surface area contributed by atoms with E-state index >= 15 is 0 Å². The Balaban J connectivity index is 1.71. The highest BCUT2D eigenvalue weighted by atomic mass is 16.6. The van der Waals surface area contributed by atoms with Crippen molar-refractivity contribution >= 4 is 23.5 Å². The van der Waals surface area contributed by atoms with E-state index in [1.807, 2.05) is 37.3 Å². The molecule has 9 heteroatoms. The van der Waals surface area contributed by atoms with Crippen LogP contribution in [0.15, 0.2) is 72.9 Å². The number of hydrogen-bond donors (Lipinski definition) is 1. The molecule has 3 aromatic rings. The Morgan fingerprint density at radius 1 is 1.06 bits per heavy atom. The number of para-hydroxylation sites is 1. The lowest BCUT2D eigenvalue weighted by atomic mass is 9.86. The summed E-state index contributed by atoms with van der Waals surface area (Å²) in [4.78, 5) is 35.0. The molecule has 0 aliphatic carbocycles. The first-order valence-electron chi connectivity index (χ1n) is 11.0. The lowest BCUT2D eigenvalue weighted by molar-refractivity contribution is -0.0667. The Kier molecular flexibility index (Phi) is 4.34. The molecule has 1 N–H and O–H groups in total. The second-order valence-electron chi connectivity index (χ2n) is 8.19. The van der Waals surface area contributed by atoms with Crippen LogP contribution in [0.5, 0.6) is 5.75 Å². The Bertz CT molecular complexity index is 1290. The lowest BCUT2D eigenvalue weighted by Crippen LogP contribution is -2.64. The van der Waals surface area contributed by atoms with Gasteiger partial charge in [-0.15, -0.1) is 0 Å². The summed E-state index contributed by atoms with van der Waals surface area (Å²) >= 11 is 0. The van der Waals surface area contributed by atoms with Crippen LogP contribution in [0, 0.1) is 0 Å². The van der Waals surface area contributed by atoms with E-state index in [1.165, 1.54) is 4.90 Å². The molecule has 9 nitrogen and oxygen atoms in total. The summed E-state index contributed by atoms with van der Waals surface area (Å²) in [5.41, 5.74) is -0.811. The molecular weight excluding hydrogens is 436 g/mol.